The van der Waals surface area contributed by atoms with Gasteiger partial charge in [0, 0.05) is 44.5 Å². The second-order valence-corrected chi connectivity index (χ2v) is 6.87. The van der Waals surface area contributed by atoms with E-state index in [1.165, 1.54) is 17.6 Å². The van der Waals surface area contributed by atoms with E-state index in [9.17, 15) is 4.79 Å². The molecule has 0 radical (unpaired) electrons. The average Bonchev–Trinajstić information content (AvgIpc) is 2.73. The summed E-state index contributed by atoms with van der Waals surface area (Å²) in [5, 5.41) is 0. The van der Waals surface area contributed by atoms with Gasteiger partial charge < -0.3 is 14.7 Å². The first-order valence-corrected chi connectivity index (χ1v) is 9.45. The lowest BCUT2D eigenvalue weighted by atomic mass is 10.0. The van der Waals surface area contributed by atoms with E-state index in [0.29, 0.717) is 5.69 Å². The molecule has 0 atom stereocenters. The molecule has 4 rings (SSSR count). The van der Waals surface area contributed by atoms with E-state index in [0.717, 1.165) is 57.9 Å². The van der Waals surface area contributed by atoms with Crippen molar-refractivity contribution in [3.05, 3.63) is 47.9 Å². The van der Waals surface area contributed by atoms with Gasteiger partial charge in [0.05, 0.1) is 0 Å². The SMILES string of the molecule is CCN1CCN(C(=O)c2cc(N3CCCc4ccccc43)ncn2)CC1. The fourth-order valence-corrected chi connectivity index (χ4v) is 3.81. The van der Waals surface area contributed by atoms with Crippen molar-refractivity contribution in [2.45, 2.75) is 19.8 Å². The summed E-state index contributed by atoms with van der Waals surface area (Å²) >= 11 is 0. The van der Waals surface area contributed by atoms with Crippen LogP contribution >= 0.6 is 0 Å². The first-order valence-electron chi connectivity index (χ1n) is 9.45. The molecule has 136 valence electrons. The second-order valence-electron chi connectivity index (χ2n) is 6.87. The molecule has 0 unspecified atom stereocenters. The zero-order valence-corrected chi connectivity index (χ0v) is 15.3. The fourth-order valence-electron chi connectivity index (χ4n) is 3.81. The van der Waals surface area contributed by atoms with Gasteiger partial charge in [-0.25, -0.2) is 9.97 Å². The largest absolute Gasteiger partial charge is 0.335 e. The van der Waals surface area contributed by atoms with E-state index in [2.05, 4.69) is 51.0 Å². The van der Waals surface area contributed by atoms with Gasteiger partial charge in [-0.15, -0.1) is 0 Å². The molecular formula is C20H25N5O. The summed E-state index contributed by atoms with van der Waals surface area (Å²) in [5.41, 5.74) is 3.01. The number of carbonyl (C=O) groups excluding carboxylic acids is 1. The number of carbonyl (C=O) groups is 1. The molecular weight excluding hydrogens is 326 g/mol. The van der Waals surface area contributed by atoms with Gasteiger partial charge in [0.15, 0.2) is 0 Å². The number of aryl methyl sites for hydroxylation is 1. The summed E-state index contributed by atoms with van der Waals surface area (Å²) < 4.78 is 0. The van der Waals surface area contributed by atoms with Crippen molar-refractivity contribution >= 4 is 17.4 Å². The molecule has 6 nitrogen and oxygen atoms in total. The van der Waals surface area contributed by atoms with Crippen LogP contribution in [0.25, 0.3) is 0 Å². The molecule has 1 amide bonds. The van der Waals surface area contributed by atoms with E-state index in [1.807, 2.05) is 11.0 Å². The van der Waals surface area contributed by atoms with E-state index in [-0.39, 0.29) is 5.91 Å². The molecule has 6 heteroatoms. The van der Waals surface area contributed by atoms with Crippen LogP contribution in [0, 0.1) is 0 Å². The third-order valence-electron chi connectivity index (χ3n) is 5.37. The predicted molar refractivity (Wildman–Crippen MR) is 102 cm³/mol. The number of benzene rings is 1. The topological polar surface area (TPSA) is 52.6 Å². The van der Waals surface area contributed by atoms with Crippen LogP contribution in [-0.4, -0.2) is 64.9 Å². The van der Waals surface area contributed by atoms with Gasteiger partial charge in [-0.2, -0.15) is 0 Å². The molecule has 0 N–H and O–H groups in total. The molecule has 26 heavy (non-hydrogen) atoms. The van der Waals surface area contributed by atoms with Crippen LogP contribution in [0.4, 0.5) is 11.5 Å². The van der Waals surface area contributed by atoms with E-state index >= 15 is 0 Å². The molecule has 3 heterocycles. The Labute approximate surface area is 154 Å². The van der Waals surface area contributed by atoms with Gasteiger partial charge in [-0.05, 0) is 31.0 Å². The van der Waals surface area contributed by atoms with E-state index in [4.69, 9.17) is 0 Å². The quantitative estimate of drug-likeness (QED) is 0.850. The summed E-state index contributed by atoms with van der Waals surface area (Å²) in [6.07, 6.45) is 3.69. The van der Waals surface area contributed by atoms with E-state index < -0.39 is 0 Å². The minimum atomic E-state index is 0.00898. The highest BCUT2D eigenvalue weighted by atomic mass is 16.2. The van der Waals surface area contributed by atoms with Gasteiger partial charge in [0.1, 0.15) is 17.8 Å². The lowest BCUT2D eigenvalue weighted by Gasteiger charge is -2.34. The predicted octanol–water partition coefficient (Wildman–Crippen LogP) is 2.34. The Kier molecular flexibility index (Phi) is 4.84. The molecule has 2 aliphatic heterocycles. The number of para-hydroxylation sites is 1. The number of hydrogen-bond donors (Lipinski definition) is 0. The van der Waals surface area contributed by atoms with Crippen molar-refractivity contribution in [1.82, 2.24) is 19.8 Å². The Bertz CT molecular complexity index is 785. The highest BCUT2D eigenvalue weighted by Crippen LogP contribution is 2.32. The molecule has 0 bridgehead atoms. The Morgan fingerprint density at radius 3 is 2.69 bits per heavy atom. The molecule has 2 aromatic rings. The number of amides is 1. The van der Waals surface area contributed by atoms with Crippen molar-refractivity contribution < 1.29 is 4.79 Å². The first-order chi connectivity index (χ1) is 12.8. The van der Waals surface area contributed by atoms with Crippen molar-refractivity contribution in [2.24, 2.45) is 0 Å². The summed E-state index contributed by atoms with van der Waals surface area (Å²) in [4.78, 5) is 28.1. The second kappa shape index (κ2) is 7.41. The number of piperazine rings is 1. The maximum absolute atomic E-state index is 12.9. The van der Waals surface area contributed by atoms with Crippen molar-refractivity contribution in [3.8, 4) is 0 Å². The lowest BCUT2D eigenvalue weighted by Crippen LogP contribution is -2.48. The smallest absolute Gasteiger partial charge is 0.272 e. The summed E-state index contributed by atoms with van der Waals surface area (Å²) in [5.74, 6) is 0.817. The maximum atomic E-state index is 12.9. The van der Waals surface area contributed by atoms with Gasteiger partial charge in [-0.3, -0.25) is 4.79 Å². The number of likely N-dealkylation sites (N-methyl/N-ethyl adjacent to an activating group) is 1. The minimum Gasteiger partial charge on any atom is -0.335 e. The van der Waals surface area contributed by atoms with E-state index in [1.54, 1.807) is 0 Å². The van der Waals surface area contributed by atoms with Crippen molar-refractivity contribution in [3.63, 3.8) is 0 Å². The zero-order valence-electron chi connectivity index (χ0n) is 15.3. The summed E-state index contributed by atoms with van der Waals surface area (Å²) in [6, 6.07) is 10.3. The average molecular weight is 351 g/mol. The molecule has 1 aromatic carbocycles. The molecule has 1 fully saturated rings. The third-order valence-corrected chi connectivity index (χ3v) is 5.37. The van der Waals surface area contributed by atoms with Crippen molar-refractivity contribution in [2.75, 3.05) is 44.2 Å². The normalized spacial score (nSPS) is 17.9. The Balaban J connectivity index is 1.55. The summed E-state index contributed by atoms with van der Waals surface area (Å²) in [6.45, 7) is 7.49. The monoisotopic (exact) mass is 351 g/mol. The van der Waals surface area contributed by atoms with Gasteiger partial charge in [-0.1, -0.05) is 25.1 Å². The zero-order chi connectivity index (χ0) is 17.9. The molecule has 2 aliphatic rings. The minimum absolute atomic E-state index is 0.00898. The van der Waals surface area contributed by atoms with Crippen molar-refractivity contribution in [1.29, 1.82) is 0 Å². The molecule has 0 spiro atoms. The molecule has 1 saturated heterocycles. The maximum Gasteiger partial charge on any atom is 0.272 e. The highest BCUT2D eigenvalue weighted by molar-refractivity contribution is 5.93. The number of anilines is 2. The summed E-state index contributed by atoms with van der Waals surface area (Å²) in [7, 11) is 0. The highest BCUT2D eigenvalue weighted by Gasteiger charge is 2.24. The van der Waals surface area contributed by atoms with Crippen LogP contribution in [0.2, 0.25) is 0 Å². The number of fused-ring (bicyclic) bond motifs is 1. The van der Waals surface area contributed by atoms with Crippen LogP contribution in [0.15, 0.2) is 36.7 Å². The van der Waals surface area contributed by atoms with Crippen LogP contribution in [0.1, 0.15) is 29.4 Å². The Morgan fingerprint density at radius 2 is 1.88 bits per heavy atom. The Morgan fingerprint density at radius 1 is 1.08 bits per heavy atom. The third kappa shape index (κ3) is 3.29. The fraction of sp³-hybridized carbons (Fsp3) is 0.450. The molecule has 0 saturated carbocycles. The van der Waals surface area contributed by atoms with Crippen LogP contribution in [-0.2, 0) is 6.42 Å². The van der Waals surface area contributed by atoms with Gasteiger partial charge >= 0.3 is 0 Å². The van der Waals surface area contributed by atoms with Crippen LogP contribution < -0.4 is 4.90 Å². The van der Waals surface area contributed by atoms with Crippen LogP contribution in [0.5, 0.6) is 0 Å². The standard InChI is InChI=1S/C20H25N5O/c1-2-23-10-12-24(13-11-23)20(26)17-14-19(22-15-21-17)25-9-5-7-16-6-3-4-8-18(16)25/h3-4,6,8,14-15H,2,5,7,9-13H2,1H3. The number of rotatable bonds is 3. The van der Waals surface area contributed by atoms with Gasteiger partial charge in [0.2, 0.25) is 0 Å². The van der Waals surface area contributed by atoms with Gasteiger partial charge in [0.25, 0.3) is 5.91 Å². The van der Waals surface area contributed by atoms with Crippen LogP contribution in [0.3, 0.4) is 0 Å². The lowest BCUT2D eigenvalue weighted by molar-refractivity contribution is 0.0637. The number of hydrogen-bond acceptors (Lipinski definition) is 5. The molecule has 1 aromatic heterocycles. The number of nitrogens with zero attached hydrogens (tertiary/aromatic N) is 5. The number of aromatic nitrogens is 2. The Hall–Kier alpha value is -2.47. The first kappa shape index (κ1) is 17.0. The molecule has 0 aliphatic carbocycles.